The maximum atomic E-state index is 5.97. The van der Waals surface area contributed by atoms with Crippen LogP contribution in [0.25, 0.3) is 11.4 Å². The Morgan fingerprint density at radius 3 is 2.82 bits per heavy atom. The molecule has 0 saturated heterocycles. The fraction of sp³-hybridized carbons (Fsp3) is 0.364. The van der Waals surface area contributed by atoms with Crippen molar-refractivity contribution in [2.24, 2.45) is 5.73 Å². The number of nitrogens with zero attached hydrogens (tertiary/aromatic N) is 3. The monoisotopic (exact) mass is 232 g/mol. The molecule has 0 spiro atoms. The summed E-state index contributed by atoms with van der Waals surface area (Å²) in [5, 5.41) is 3.90. The van der Waals surface area contributed by atoms with Gasteiger partial charge in [0.05, 0.1) is 12.6 Å². The summed E-state index contributed by atoms with van der Waals surface area (Å²) < 4.78 is 10.1. The Hall–Kier alpha value is -1.95. The second-order valence-corrected chi connectivity index (χ2v) is 4.17. The van der Waals surface area contributed by atoms with Crippen molar-refractivity contribution in [1.29, 1.82) is 0 Å². The predicted octanol–water partition coefficient (Wildman–Crippen LogP) is 1.09. The lowest BCUT2D eigenvalue weighted by molar-refractivity contribution is 0.348. The number of aromatic nitrogens is 3. The van der Waals surface area contributed by atoms with Crippen LogP contribution in [-0.4, -0.2) is 22.2 Å². The molecule has 88 valence electrons. The number of nitrogens with two attached hydrogens (primary N) is 1. The van der Waals surface area contributed by atoms with E-state index in [0.717, 1.165) is 18.4 Å². The summed E-state index contributed by atoms with van der Waals surface area (Å²) in [6.07, 6.45) is 3.44. The van der Waals surface area contributed by atoms with Crippen molar-refractivity contribution >= 4 is 0 Å². The van der Waals surface area contributed by atoms with Gasteiger partial charge in [0.15, 0.2) is 0 Å². The van der Waals surface area contributed by atoms with Crippen LogP contribution in [0.3, 0.4) is 0 Å². The first kappa shape index (κ1) is 10.2. The molecule has 1 aliphatic rings. The molecular formula is C11H12N4O2. The summed E-state index contributed by atoms with van der Waals surface area (Å²) >= 11 is 0. The highest BCUT2D eigenvalue weighted by molar-refractivity contribution is 5.53. The van der Waals surface area contributed by atoms with Crippen LogP contribution in [0.15, 0.2) is 22.9 Å². The SMILES string of the molecule is COc1ccc(-c2noc(C3(N)CC3)n2)cn1. The van der Waals surface area contributed by atoms with Crippen molar-refractivity contribution < 1.29 is 9.26 Å². The lowest BCUT2D eigenvalue weighted by Gasteiger charge is -1.99. The van der Waals surface area contributed by atoms with E-state index < -0.39 is 5.54 Å². The summed E-state index contributed by atoms with van der Waals surface area (Å²) in [5.41, 5.74) is 6.36. The molecule has 6 heteroatoms. The molecule has 0 atom stereocenters. The third kappa shape index (κ3) is 1.76. The minimum atomic E-state index is -0.398. The average Bonchev–Trinajstić information content (AvgIpc) is 2.94. The molecule has 0 amide bonds. The molecular weight excluding hydrogens is 220 g/mol. The smallest absolute Gasteiger partial charge is 0.247 e. The van der Waals surface area contributed by atoms with Gasteiger partial charge in [-0.2, -0.15) is 4.98 Å². The molecule has 3 rings (SSSR count). The minimum absolute atomic E-state index is 0.398. The van der Waals surface area contributed by atoms with Gasteiger partial charge in [-0.15, -0.1) is 0 Å². The lowest BCUT2D eigenvalue weighted by atomic mass is 10.2. The highest BCUT2D eigenvalue weighted by Crippen LogP contribution is 2.42. The van der Waals surface area contributed by atoms with Gasteiger partial charge in [-0.25, -0.2) is 4.98 Å². The molecule has 2 heterocycles. The number of methoxy groups -OCH3 is 1. The van der Waals surface area contributed by atoms with Crippen LogP contribution in [0.5, 0.6) is 5.88 Å². The molecule has 0 unspecified atom stereocenters. The molecule has 1 aliphatic carbocycles. The van der Waals surface area contributed by atoms with Crippen molar-refractivity contribution in [3.8, 4) is 17.3 Å². The summed E-state index contributed by atoms with van der Waals surface area (Å²) in [4.78, 5) is 8.37. The summed E-state index contributed by atoms with van der Waals surface area (Å²) in [7, 11) is 1.57. The van der Waals surface area contributed by atoms with E-state index in [2.05, 4.69) is 15.1 Å². The lowest BCUT2D eigenvalue weighted by Crippen LogP contribution is -2.18. The first-order valence-electron chi connectivity index (χ1n) is 5.35. The molecule has 0 aliphatic heterocycles. The van der Waals surface area contributed by atoms with Crippen LogP contribution in [-0.2, 0) is 5.54 Å². The average molecular weight is 232 g/mol. The fourth-order valence-corrected chi connectivity index (χ4v) is 1.52. The second-order valence-electron chi connectivity index (χ2n) is 4.17. The zero-order chi connectivity index (χ0) is 11.9. The fourth-order valence-electron chi connectivity index (χ4n) is 1.52. The highest BCUT2D eigenvalue weighted by Gasteiger charge is 2.45. The van der Waals surface area contributed by atoms with Gasteiger partial charge in [-0.3, -0.25) is 0 Å². The Morgan fingerprint density at radius 1 is 1.41 bits per heavy atom. The minimum Gasteiger partial charge on any atom is -0.481 e. The first-order chi connectivity index (χ1) is 8.21. The number of ether oxygens (including phenoxy) is 1. The Morgan fingerprint density at radius 2 is 2.24 bits per heavy atom. The summed E-state index contributed by atoms with van der Waals surface area (Å²) in [5.74, 6) is 1.56. The number of hydrogen-bond donors (Lipinski definition) is 1. The zero-order valence-electron chi connectivity index (χ0n) is 9.38. The number of rotatable bonds is 3. The third-order valence-corrected chi connectivity index (χ3v) is 2.84. The van der Waals surface area contributed by atoms with Crippen LogP contribution in [0, 0.1) is 0 Å². The Labute approximate surface area is 97.8 Å². The van der Waals surface area contributed by atoms with Crippen molar-refractivity contribution in [2.75, 3.05) is 7.11 Å². The van der Waals surface area contributed by atoms with Crippen molar-refractivity contribution in [1.82, 2.24) is 15.1 Å². The van der Waals surface area contributed by atoms with E-state index in [9.17, 15) is 0 Å². The molecule has 2 aromatic heterocycles. The number of pyridine rings is 1. The van der Waals surface area contributed by atoms with Crippen LogP contribution >= 0.6 is 0 Å². The Bertz CT molecular complexity index is 531. The first-order valence-corrected chi connectivity index (χ1v) is 5.35. The predicted molar refractivity (Wildman–Crippen MR) is 59.2 cm³/mol. The molecule has 0 radical (unpaired) electrons. The third-order valence-electron chi connectivity index (χ3n) is 2.84. The van der Waals surface area contributed by atoms with Gasteiger partial charge in [0.25, 0.3) is 0 Å². The van der Waals surface area contributed by atoms with Crippen LogP contribution in [0.2, 0.25) is 0 Å². The summed E-state index contributed by atoms with van der Waals surface area (Å²) in [6, 6.07) is 3.58. The Balaban J connectivity index is 1.90. The van der Waals surface area contributed by atoms with E-state index in [1.165, 1.54) is 0 Å². The highest BCUT2D eigenvalue weighted by atomic mass is 16.5. The van der Waals surface area contributed by atoms with Gasteiger partial charge < -0.3 is 15.0 Å². The van der Waals surface area contributed by atoms with Gasteiger partial charge in [0.1, 0.15) is 0 Å². The molecule has 0 bridgehead atoms. The summed E-state index contributed by atoms with van der Waals surface area (Å²) in [6.45, 7) is 0. The van der Waals surface area contributed by atoms with Gasteiger partial charge in [0.2, 0.25) is 17.6 Å². The quantitative estimate of drug-likeness (QED) is 0.852. The molecule has 6 nitrogen and oxygen atoms in total. The molecule has 1 saturated carbocycles. The van der Waals surface area contributed by atoms with E-state index in [1.54, 1.807) is 19.4 Å². The van der Waals surface area contributed by atoms with Crippen LogP contribution in [0.4, 0.5) is 0 Å². The zero-order valence-corrected chi connectivity index (χ0v) is 9.38. The van der Waals surface area contributed by atoms with Gasteiger partial charge in [-0.05, 0) is 18.9 Å². The molecule has 0 aromatic carbocycles. The largest absolute Gasteiger partial charge is 0.481 e. The van der Waals surface area contributed by atoms with Crippen molar-refractivity contribution in [2.45, 2.75) is 18.4 Å². The molecule has 1 fully saturated rings. The second kappa shape index (κ2) is 3.53. The van der Waals surface area contributed by atoms with Crippen LogP contribution in [0.1, 0.15) is 18.7 Å². The van der Waals surface area contributed by atoms with Gasteiger partial charge in [-0.1, -0.05) is 5.16 Å². The van der Waals surface area contributed by atoms with E-state index in [-0.39, 0.29) is 0 Å². The maximum absolute atomic E-state index is 5.97. The van der Waals surface area contributed by atoms with Gasteiger partial charge in [0, 0.05) is 17.8 Å². The van der Waals surface area contributed by atoms with E-state index in [4.69, 9.17) is 15.0 Å². The molecule has 2 aromatic rings. The Kier molecular flexibility index (Phi) is 2.12. The van der Waals surface area contributed by atoms with Crippen LogP contribution < -0.4 is 10.5 Å². The van der Waals surface area contributed by atoms with Crippen molar-refractivity contribution in [3.05, 3.63) is 24.2 Å². The normalized spacial score (nSPS) is 16.8. The van der Waals surface area contributed by atoms with E-state index in [0.29, 0.717) is 17.6 Å². The maximum Gasteiger partial charge on any atom is 0.247 e. The van der Waals surface area contributed by atoms with E-state index in [1.807, 2.05) is 6.07 Å². The molecule has 17 heavy (non-hydrogen) atoms. The number of hydrogen-bond acceptors (Lipinski definition) is 6. The topological polar surface area (TPSA) is 87.1 Å². The molecule has 2 N–H and O–H groups in total. The van der Waals surface area contributed by atoms with Gasteiger partial charge >= 0.3 is 0 Å². The van der Waals surface area contributed by atoms with Crippen molar-refractivity contribution in [3.63, 3.8) is 0 Å². The standard InChI is InChI=1S/C11H12N4O2/c1-16-8-3-2-7(6-13-8)9-14-10(17-15-9)11(12)4-5-11/h2-3,6H,4-5,12H2,1H3. The van der Waals surface area contributed by atoms with E-state index >= 15 is 0 Å².